The van der Waals surface area contributed by atoms with Crippen LogP contribution >= 0.6 is 0 Å². The molecule has 0 aromatic heterocycles. The zero-order valence-electron chi connectivity index (χ0n) is 13.8. The molecule has 1 aliphatic rings. The molecule has 1 unspecified atom stereocenters. The minimum atomic E-state index is -0.356. The fraction of sp³-hybridized carbons (Fsp3) is 0.562. The summed E-state index contributed by atoms with van der Waals surface area (Å²) in [6.07, 6.45) is 2.43. The smallest absolute Gasteiger partial charge is 0.274 e. The van der Waals surface area contributed by atoms with E-state index < -0.39 is 0 Å². The molecule has 126 valence electrons. The predicted molar refractivity (Wildman–Crippen MR) is 91.6 cm³/mol. The van der Waals surface area contributed by atoms with Gasteiger partial charge < -0.3 is 10.6 Å². The van der Waals surface area contributed by atoms with Crippen LogP contribution < -0.4 is 10.6 Å². The van der Waals surface area contributed by atoms with Crippen molar-refractivity contribution in [2.45, 2.75) is 32.4 Å². The number of benzene rings is 1. The first-order valence-electron chi connectivity index (χ1n) is 8.06. The van der Waals surface area contributed by atoms with Gasteiger partial charge in [-0.25, -0.2) is 0 Å². The number of nitrogens with zero attached hydrogens (tertiary/aromatic N) is 3. The fourth-order valence-corrected chi connectivity index (χ4v) is 3.00. The highest BCUT2D eigenvalue weighted by Gasteiger charge is 2.22. The van der Waals surface area contributed by atoms with Crippen molar-refractivity contribution < 1.29 is 4.92 Å². The largest absolute Gasteiger partial charge is 0.355 e. The van der Waals surface area contributed by atoms with Gasteiger partial charge in [-0.3, -0.25) is 20.0 Å². The van der Waals surface area contributed by atoms with Crippen molar-refractivity contribution in [1.82, 2.24) is 15.5 Å². The average Bonchev–Trinajstić information content (AvgIpc) is 3.02. The van der Waals surface area contributed by atoms with E-state index in [1.165, 1.54) is 18.9 Å². The molecule has 0 radical (unpaired) electrons. The van der Waals surface area contributed by atoms with Crippen LogP contribution in [0.15, 0.2) is 29.3 Å². The SMILES string of the molecule is CCN1CCCC1CNC(=NC)NCc1ccccc1[N+](=O)[O-]. The number of nitro groups is 1. The molecule has 0 bridgehead atoms. The van der Waals surface area contributed by atoms with Crippen molar-refractivity contribution in [3.63, 3.8) is 0 Å². The molecule has 7 nitrogen and oxygen atoms in total. The number of hydrogen-bond acceptors (Lipinski definition) is 4. The summed E-state index contributed by atoms with van der Waals surface area (Å²) in [5.41, 5.74) is 0.778. The van der Waals surface area contributed by atoms with Gasteiger partial charge in [-0.15, -0.1) is 0 Å². The van der Waals surface area contributed by atoms with Gasteiger partial charge in [0.15, 0.2) is 5.96 Å². The Morgan fingerprint density at radius 1 is 1.43 bits per heavy atom. The third-order valence-corrected chi connectivity index (χ3v) is 4.27. The first kappa shape index (κ1) is 17.2. The van der Waals surface area contributed by atoms with E-state index >= 15 is 0 Å². The lowest BCUT2D eigenvalue weighted by atomic mass is 10.2. The Labute approximate surface area is 136 Å². The van der Waals surface area contributed by atoms with Crippen molar-refractivity contribution in [1.29, 1.82) is 0 Å². The molecule has 2 N–H and O–H groups in total. The number of para-hydroxylation sites is 1. The van der Waals surface area contributed by atoms with E-state index in [1.807, 2.05) is 0 Å². The van der Waals surface area contributed by atoms with E-state index in [2.05, 4.69) is 27.4 Å². The Kier molecular flexibility index (Phi) is 6.34. The van der Waals surface area contributed by atoms with Gasteiger partial charge in [-0.05, 0) is 25.9 Å². The minimum absolute atomic E-state index is 0.128. The van der Waals surface area contributed by atoms with E-state index in [0.29, 0.717) is 24.1 Å². The average molecular weight is 319 g/mol. The molecular weight excluding hydrogens is 294 g/mol. The van der Waals surface area contributed by atoms with Gasteiger partial charge in [-0.1, -0.05) is 25.1 Å². The molecular formula is C16H25N5O2. The first-order chi connectivity index (χ1) is 11.2. The minimum Gasteiger partial charge on any atom is -0.355 e. The molecule has 23 heavy (non-hydrogen) atoms. The van der Waals surface area contributed by atoms with Crippen LogP contribution in [0.3, 0.4) is 0 Å². The molecule has 1 heterocycles. The Balaban J connectivity index is 1.87. The second kappa shape index (κ2) is 8.47. The number of nitro benzene ring substituents is 1. The van der Waals surface area contributed by atoms with Gasteiger partial charge in [0, 0.05) is 37.8 Å². The molecule has 1 atom stereocenters. The highest BCUT2D eigenvalue weighted by molar-refractivity contribution is 5.79. The van der Waals surface area contributed by atoms with Crippen molar-refractivity contribution in [2.24, 2.45) is 4.99 Å². The summed E-state index contributed by atoms with van der Waals surface area (Å²) in [7, 11) is 1.71. The number of rotatable bonds is 6. The van der Waals surface area contributed by atoms with Crippen molar-refractivity contribution in [3.8, 4) is 0 Å². The lowest BCUT2D eigenvalue weighted by Crippen LogP contribution is -2.44. The summed E-state index contributed by atoms with van der Waals surface area (Å²) in [5, 5.41) is 17.5. The van der Waals surface area contributed by atoms with Gasteiger partial charge in [0.1, 0.15) is 0 Å². The number of guanidine groups is 1. The second-order valence-corrected chi connectivity index (χ2v) is 5.62. The molecule has 0 saturated carbocycles. The molecule has 1 aromatic rings. The highest BCUT2D eigenvalue weighted by Crippen LogP contribution is 2.17. The summed E-state index contributed by atoms with van der Waals surface area (Å²) in [6.45, 7) is 5.61. The molecule has 1 saturated heterocycles. The summed E-state index contributed by atoms with van der Waals surface area (Å²) < 4.78 is 0. The maximum absolute atomic E-state index is 11.0. The van der Waals surface area contributed by atoms with Crippen LogP contribution in [0.2, 0.25) is 0 Å². The molecule has 1 aliphatic heterocycles. The number of likely N-dealkylation sites (tertiary alicyclic amines) is 1. The Bertz CT molecular complexity index is 561. The van der Waals surface area contributed by atoms with Gasteiger partial charge in [0.25, 0.3) is 5.69 Å². The van der Waals surface area contributed by atoms with Crippen LogP contribution in [0.5, 0.6) is 0 Å². The van der Waals surface area contributed by atoms with Crippen LogP contribution in [0.1, 0.15) is 25.3 Å². The van der Waals surface area contributed by atoms with Crippen LogP contribution in [0.4, 0.5) is 5.69 Å². The van der Waals surface area contributed by atoms with Crippen LogP contribution in [-0.2, 0) is 6.54 Å². The standard InChI is InChI=1S/C16H25N5O2/c1-3-20-10-6-8-14(20)12-19-16(17-2)18-11-13-7-4-5-9-15(13)21(22)23/h4-5,7,9,14H,3,6,8,10-12H2,1-2H3,(H2,17,18,19). The molecule has 0 aliphatic carbocycles. The molecule has 0 amide bonds. The lowest BCUT2D eigenvalue weighted by molar-refractivity contribution is -0.385. The number of aliphatic imine (C=N–C) groups is 1. The van der Waals surface area contributed by atoms with Crippen molar-refractivity contribution in [3.05, 3.63) is 39.9 Å². The third-order valence-electron chi connectivity index (χ3n) is 4.27. The predicted octanol–water partition coefficient (Wildman–Crippen LogP) is 1.74. The maximum Gasteiger partial charge on any atom is 0.274 e. The summed E-state index contributed by atoms with van der Waals surface area (Å²) in [4.78, 5) is 17.3. The second-order valence-electron chi connectivity index (χ2n) is 5.62. The van der Waals surface area contributed by atoms with Gasteiger partial charge in [0.2, 0.25) is 0 Å². The number of likely N-dealkylation sites (N-methyl/N-ethyl adjacent to an activating group) is 1. The summed E-state index contributed by atoms with van der Waals surface area (Å²) >= 11 is 0. The van der Waals surface area contributed by atoms with E-state index in [4.69, 9.17) is 0 Å². The maximum atomic E-state index is 11.0. The van der Waals surface area contributed by atoms with Crippen molar-refractivity contribution in [2.75, 3.05) is 26.7 Å². The molecule has 1 fully saturated rings. The zero-order chi connectivity index (χ0) is 16.7. The lowest BCUT2D eigenvalue weighted by Gasteiger charge is -2.24. The monoisotopic (exact) mass is 319 g/mol. The molecule has 2 rings (SSSR count). The summed E-state index contributed by atoms with van der Waals surface area (Å²) in [5.74, 6) is 0.672. The third kappa shape index (κ3) is 4.66. The number of hydrogen-bond donors (Lipinski definition) is 2. The topological polar surface area (TPSA) is 82.8 Å². The fourth-order valence-electron chi connectivity index (χ4n) is 3.00. The normalized spacial score (nSPS) is 18.9. The first-order valence-corrected chi connectivity index (χ1v) is 8.06. The summed E-state index contributed by atoms with van der Waals surface area (Å²) in [6, 6.07) is 7.29. The Morgan fingerprint density at radius 2 is 2.22 bits per heavy atom. The molecule has 1 aromatic carbocycles. The van der Waals surface area contributed by atoms with E-state index in [0.717, 1.165) is 19.6 Å². The zero-order valence-corrected chi connectivity index (χ0v) is 13.8. The highest BCUT2D eigenvalue weighted by atomic mass is 16.6. The van der Waals surface area contributed by atoms with E-state index in [-0.39, 0.29) is 10.6 Å². The van der Waals surface area contributed by atoms with Gasteiger partial charge in [-0.2, -0.15) is 0 Å². The number of nitrogens with one attached hydrogen (secondary N) is 2. The van der Waals surface area contributed by atoms with Gasteiger partial charge in [0.05, 0.1) is 4.92 Å². The molecule has 7 heteroatoms. The van der Waals surface area contributed by atoms with Crippen LogP contribution in [-0.4, -0.2) is 48.5 Å². The quantitative estimate of drug-likeness (QED) is 0.361. The van der Waals surface area contributed by atoms with E-state index in [9.17, 15) is 10.1 Å². The van der Waals surface area contributed by atoms with Crippen LogP contribution in [0.25, 0.3) is 0 Å². The van der Waals surface area contributed by atoms with Crippen LogP contribution in [0, 0.1) is 10.1 Å². The van der Waals surface area contributed by atoms with Crippen molar-refractivity contribution >= 4 is 11.6 Å². The Hall–Kier alpha value is -2.15. The van der Waals surface area contributed by atoms with E-state index in [1.54, 1.807) is 25.2 Å². The Morgan fingerprint density at radius 3 is 2.91 bits per heavy atom. The van der Waals surface area contributed by atoms with Gasteiger partial charge >= 0.3 is 0 Å². The molecule has 0 spiro atoms.